The summed E-state index contributed by atoms with van der Waals surface area (Å²) in [4.78, 5) is 2.73. The maximum Gasteiger partial charge on any atom is 0.00387 e. The highest BCUT2D eigenvalue weighted by molar-refractivity contribution is 4.99. The van der Waals surface area contributed by atoms with E-state index in [-0.39, 0.29) is 0 Å². The van der Waals surface area contributed by atoms with Crippen molar-refractivity contribution in [2.24, 2.45) is 23.7 Å². The minimum absolute atomic E-state index is 0.770. The quantitative estimate of drug-likeness (QED) is 0.619. The first kappa shape index (κ1) is 9.21. The SMILES string of the molecule is CC(C)N1CCC2CC3CC(C1)C3C2. The molecule has 3 fully saturated rings. The summed E-state index contributed by atoms with van der Waals surface area (Å²) in [6, 6.07) is 0.770. The predicted octanol–water partition coefficient (Wildman–Crippen LogP) is 2.76. The van der Waals surface area contributed by atoms with E-state index in [1.807, 2.05) is 0 Å². The van der Waals surface area contributed by atoms with E-state index in [0.717, 1.165) is 29.7 Å². The van der Waals surface area contributed by atoms with Gasteiger partial charge in [0.15, 0.2) is 0 Å². The van der Waals surface area contributed by atoms with Crippen molar-refractivity contribution in [2.75, 3.05) is 13.1 Å². The molecule has 0 aromatic heterocycles. The summed E-state index contributed by atoms with van der Waals surface area (Å²) in [5, 5.41) is 0. The highest BCUT2D eigenvalue weighted by Crippen LogP contribution is 2.55. The van der Waals surface area contributed by atoms with Gasteiger partial charge in [0.25, 0.3) is 0 Å². The Morgan fingerprint density at radius 3 is 2.71 bits per heavy atom. The maximum absolute atomic E-state index is 2.73. The van der Waals surface area contributed by atoms with E-state index in [2.05, 4.69) is 18.7 Å². The van der Waals surface area contributed by atoms with Crippen molar-refractivity contribution in [1.82, 2.24) is 4.90 Å². The van der Waals surface area contributed by atoms with Gasteiger partial charge in [-0.2, -0.15) is 0 Å². The highest BCUT2D eigenvalue weighted by Gasteiger charge is 2.48. The van der Waals surface area contributed by atoms with Crippen molar-refractivity contribution in [1.29, 1.82) is 0 Å². The summed E-state index contributed by atoms with van der Waals surface area (Å²) >= 11 is 0. The second-order valence-electron chi connectivity index (χ2n) is 6.13. The fraction of sp³-hybridized carbons (Fsp3) is 1.00. The van der Waals surface area contributed by atoms with Gasteiger partial charge in [0.05, 0.1) is 0 Å². The first-order chi connectivity index (χ1) is 6.74. The number of rotatable bonds is 1. The molecule has 0 amide bonds. The van der Waals surface area contributed by atoms with Crippen LogP contribution in [0.4, 0.5) is 0 Å². The lowest BCUT2D eigenvalue weighted by Gasteiger charge is -2.44. The minimum atomic E-state index is 0.770. The molecule has 2 bridgehead atoms. The van der Waals surface area contributed by atoms with E-state index in [9.17, 15) is 0 Å². The summed E-state index contributed by atoms with van der Waals surface area (Å²) < 4.78 is 0. The first-order valence-electron chi connectivity index (χ1n) is 6.48. The van der Waals surface area contributed by atoms with Crippen LogP contribution in [0, 0.1) is 23.7 Å². The molecule has 0 spiro atoms. The van der Waals surface area contributed by atoms with Crippen LogP contribution in [-0.4, -0.2) is 24.0 Å². The average Bonchev–Trinajstić information content (AvgIpc) is 2.49. The van der Waals surface area contributed by atoms with Gasteiger partial charge >= 0.3 is 0 Å². The number of likely N-dealkylation sites (tertiary alicyclic amines) is 1. The van der Waals surface area contributed by atoms with Gasteiger partial charge in [0.1, 0.15) is 0 Å². The van der Waals surface area contributed by atoms with Crippen molar-refractivity contribution >= 4 is 0 Å². The van der Waals surface area contributed by atoms with Crippen LogP contribution in [0.5, 0.6) is 0 Å². The molecule has 0 radical (unpaired) electrons. The molecule has 1 saturated heterocycles. The maximum atomic E-state index is 2.73. The van der Waals surface area contributed by atoms with Crippen LogP contribution in [0.15, 0.2) is 0 Å². The van der Waals surface area contributed by atoms with Crippen molar-refractivity contribution in [3.05, 3.63) is 0 Å². The molecule has 0 N–H and O–H groups in total. The van der Waals surface area contributed by atoms with E-state index in [1.54, 1.807) is 19.3 Å². The fourth-order valence-corrected chi connectivity index (χ4v) is 4.15. The van der Waals surface area contributed by atoms with Crippen LogP contribution in [0.1, 0.15) is 39.5 Å². The lowest BCUT2D eigenvalue weighted by molar-refractivity contribution is 0.0457. The Morgan fingerprint density at radius 2 is 1.93 bits per heavy atom. The van der Waals surface area contributed by atoms with Gasteiger partial charge in [-0.05, 0) is 69.7 Å². The Hall–Kier alpha value is -0.0400. The Balaban J connectivity index is 1.73. The molecule has 2 aliphatic carbocycles. The molecule has 0 aromatic carbocycles. The zero-order valence-corrected chi connectivity index (χ0v) is 9.58. The van der Waals surface area contributed by atoms with Crippen molar-refractivity contribution < 1.29 is 0 Å². The third-order valence-corrected chi connectivity index (χ3v) is 5.08. The average molecular weight is 193 g/mol. The van der Waals surface area contributed by atoms with Crippen molar-refractivity contribution in [3.63, 3.8) is 0 Å². The van der Waals surface area contributed by atoms with Crippen LogP contribution in [0.2, 0.25) is 0 Å². The van der Waals surface area contributed by atoms with E-state index >= 15 is 0 Å². The largest absolute Gasteiger partial charge is 0.301 e. The molecule has 4 atom stereocenters. The van der Waals surface area contributed by atoms with Crippen LogP contribution in [0.25, 0.3) is 0 Å². The fourth-order valence-electron chi connectivity index (χ4n) is 4.15. The molecule has 2 saturated carbocycles. The lowest BCUT2D eigenvalue weighted by Crippen LogP contribution is -2.44. The Kier molecular flexibility index (Phi) is 2.12. The van der Waals surface area contributed by atoms with Gasteiger partial charge in [-0.1, -0.05) is 0 Å². The predicted molar refractivity (Wildman–Crippen MR) is 59.1 cm³/mol. The van der Waals surface area contributed by atoms with E-state index < -0.39 is 0 Å². The van der Waals surface area contributed by atoms with Gasteiger partial charge < -0.3 is 4.90 Å². The standard InChI is InChI=1S/C13H23N/c1-9(2)14-4-3-10-5-11-7-12(8-14)13(11)6-10/h9-13H,3-8H2,1-2H3. The zero-order valence-electron chi connectivity index (χ0n) is 9.58. The van der Waals surface area contributed by atoms with Crippen molar-refractivity contribution in [2.45, 2.75) is 45.6 Å². The second kappa shape index (κ2) is 3.23. The molecule has 4 unspecified atom stereocenters. The summed E-state index contributed by atoms with van der Waals surface area (Å²) in [6.07, 6.45) is 6.21. The zero-order chi connectivity index (χ0) is 9.71. The molecule has 1 heteroatoms. The molecule has 0 aromatic rings. The first-order valence-corrected chi connectivity index (χ1v) is 6.48. The summed E-state index contributed by atoms with van der Waals surface area (Å²) in [7, 11) is 0. The molecule has 14 heavy (non-hydrogen) atoms. The highest BCUT2D eigenvalue weighted by atomic mass is 15.1. The molecule has 1 heterocycles. The summed E-state index contributed by atoms with van der Waals surface area (Å²) in [5.41, 5.74) is 0. The van der Waals surface area contributed by atoms with Crippen molar-refractivity contribution in [3.8, 4) is 0 Å². The van der Waals surface area contributed by atoms with Crippen LogP contribution in [0.3, 0.4) is 0 Å². The van der Waals surface area contributed by atoms with Crippen LogP contribution in [-0.2, 0) is 0 Å². The Bertz CT molecular complexity index is 223. The second-order valence-corrected chi connectivity index (χ2v) is 6.13. The topological polar surface area (TPSA) is 3.24 Å². The van der Waals surface area contributed by atoms with E-state index in [4.69, 9.17) is 0 Å². The lowest BCUT2D eigenvalue weighted by atomic mass is 9.66. The molecule has 3 aliphatic rings. The van der Waals surface area contributed by atoms with Gasteiger partial charge in [-0.3, -0.25) is 0 Å². The Morgan fingerprint density at radius 1 is 1.07 bits per heavy atom. The van der Waals surface area contributed by atoms with Crippen LogP contribution >= 0.6 is 0 Å². The number of hydrogen-bond acceptors (Lipinski definition) is 1. The number of fused-ring (bicyclic) bond motifs is 1. The molecule has 80 valence electrons. The monoisotopic (exact) mass is 193 g/mol. The normalized spacial score (nSPS) is 47.4. The molecular weight excluding hydrogens is 170 g/mol. The number of nitrogens with zero attached hydrogens (tertiary/aromatic N) is 1. The molecule has 3 rings (SSSR count). The van der Waals surface area contributed by atoms with Crippen LogP contribution < -0.4 is 0 Å². The van der Waals surface area contributed by atoms with Gasteiger partial charge in [-0.25, -0.2) is 0 Å². The van der Waals surface area contributed by atoms with Gasteiger partial charge in [-0.15, -0.1) is 0 Å². The summed E-state index contributed by atoms with van der Waals surface area (Å²) in [6.45, 7) is 7.50. The summed E-state index contributed by atoms with van der Waals surface area (Å²) in [5.74, 6) is 4.46. The smallest absolute Gasteiger partial charge is 0.00387 e. The van der Waals surface area contributed by atoms with E-state index in [0.29, 0.717) is 0 Å². The number of hydrogen-bond donors (Lipinski definition) is 0. The minimum Gasteiger partial charge on any atom is -0.301 e. The Labute approximate surface area is 87.9 Å². The third-order valence-electron chi connectivity index (χ3n) is 5.08. The molecule has 1 nitrogen and oxygen atoms in total. The van der Waals surface area contributed by atoms with Gasteiger partial charge in [0, 0.05) is 12.6 Å². The van der Waals surface area contributed by atoms with E-state index in [1.165, 1.54) is 19.5 Å². The molecule has 1 aliphatic heterocycles. The third kappa shape index (κ3) is 1.32. The van der Waals surface area contributed by atoms with Gasteiger partial charge in [0.2, 0.25) is 0 Å². The molecular formula is C13H23N.